The molecule has 3 aromatic rings. The van der Waals surface area contributed by atoms with Gasteiger partial charge in [-0.25, -0.2) is 0 Å². The summed E-state index contributed by atoms with van der Waals surface area (Å²) in [4.78, 5) is 46.7. The third-order valence-electron chi connectivity index (χ3n) is 8.42. The molecule has 0 spiro atoms. The number of piperidine rings is 1. The molecule has 0 radical (unpaired) electrons. The lowest BCUT2D eigenvalue weighted by atomic mass is 9.69. The van der Waals surface area contributed by atoms with Crippen LogP contribution in [0.15, 0.2) is 60.7 Å². The molecule has 2 saturated heterocycles. The minimum atomic E-state index is -1.12. The van der Waals surface area contributed by atoms with Crippen LogP contribution >= 0.6 is 0 Å². The number of fused-ring (bicyclic) bond motifs is 2. The lowest BCUT2D eigenvalue weighted by Crippen LogP contribution is -2.60. The maximum absolute atomic E-state index is 14.2. The molecule has 3 heterocycles. The summed E-state index contributed by atoms with van der Waals surface area (Å²) in [6.45, 7) is 7.39. The monoisotopic (exact) mass is 529 g/mol. The van der Waals surface area contributed by atoms with Gasteiger partial charge >= 0.3 is 0 Å². The fourth-order valence-corrected chi connectivity index (χ4v) is 6.30. The molecular weight excluding hydrogens is 490 g/mol. The van der Waals surface area contributed by atoms with Crippen LogP contribution in [0.1, 0.15) is 38.4 Å². The van der Waals surface area contributed by atoms with Gasteiger partial charge in [-0.15, -0.1) is 0 Å². The number of amides is 3. The van der Waals surface area contributed by atoms with Crippen molar-refractivity contribution in [1.82, 2.24) is 20.1 Å². The van der Waals surface area contributed by atoms with Gasteiger partial charge < -0.3 is 25.8 Å². The van der Waals surface area contributed by atoms with Crippen LogP contribution in [0.5, 0.6) is 0 Å². The summed E-state index contributed by atoms with van der Waals surface area (Å²) in [5, 5.41) is 4.01. The van der Waals surface area contributed by atoms with Crippen LogP contribution in [0.25, 0.3) is 10.9 Å². The third-order valence-corrected chi connectivity index (χ3v) is 8.42. The number of para-hydroxylation sites is 1. The average molecular weight is 530 g/mol. The number of carbonyl (C=O) groups is 3. The van der Waals surface area contributed by atoms with E-state index in [0.717, 1.165) is 36.0 Å². The van der Waals surface area contributed by atoms with Crippen molar-refractivity contribution in [2.45, 2.75) is 51.6 Å². The number of nitrogens with one attached hydrogen (secondary N) is 2. The van der Waals surface area contributed by atoms with E-state index in [4.69, 9.17) is 5.73 Å². The average Bonchev–Trinajstić information content (AvgIpc) is 3.48. The standard InChI is InChI=1S/C31H39N5O3/c1-21(37)36-18-24-13-14-35(19-31(24,20-36)17-22-9-5-4-6-10-22)28(38)27(34-29(39)30(2,3)32)16-25-15-23-11-7-8-12-26(23)33-25/h4-12,15,24,27,33H,13-14,16-20,32H2,1-3H3,(H,34,39). The van der Waals surface area contributed by atoms with E-state index in [1.807, 2.05) is 58.3 Å². The molecule has 4 N–H and O–H groups in total. The smallest absolute Gasteiger partial charge is 0.245 e. The molecule has 8 nitrogen and oxygen atoms in total. The molecule has 3 atom stereocenters. The molecule has 2 fully saturated rings. The zero-order valence-electron chi connectivity index (χ0n) is 23.1. The van der Waals surface area contributed by atoms with Crippen molar-refractivity contribution in [2.75, 3.05) is 26.2 Å². The lowest BCUT2D eigenvalue weighted by Gasteiger charge is -2.45. The van der Waals surface area contributed by atoms with E-state index in [-0.39, 0.29) is 23.1 Å². The van der Waals surface area contributed by atoms with Crippen LogP contribution in [0.3, 0.4) is 0 Å². The molecule has 3 unspecified atom stereocenters. The SMILES string of the molecule is CC(=O)N1CC2CCN(C(=O)C(Cc3cc4ccccc4[nH]3)NC(=O)C(C)(C)N)CC2(Cc2ccccc2)C1. The van der Waals surface area contributed by atoms with Crippen molar-refractivity contribution in [3.63, 3.8) is 0 Å². The van der Waals surface area contributed by atoms with E-state index in [0.29, 0.717) is 32.0 Å². The van der Waals surface area contributed by atoms with Crippen molar-refractivity contribution in [1.29, 1.82) is 0 Å². The second kappa shape index (κ2) is 10.5. The van der Waals surface area contributed by atoms with Crippen molar-refractivity contribution in [3.8, 4) is 0 Å². The molecule has 8 heteroatoms. The van der Waals surface area contributed by atoms with Gasteiger partial charge in [-0.3, -0.25) is 14.4 Å². The highest BCUT2D eigenvalue weighted by atomic mass is 16.2. The van der Waals surface area contributed by atoms with Gasteiger partial charge in [0.15, 0.2) is 0 Å². The van der Waals surface area contributed by atoms with Crippen molar-refractivity contribution >= 4 is 28.6 Å². The van der Waals surface area contributed by atoms with Gasteiger partial charge in [0.05, 0.1) is 5.54 Å². The Morgan fingerprint density at radius 3 is 2.46 bits per heavy atom. The van der Waals surface area contributed by atoms with Gasteiger partial charge in [-0.2, -0.15) is 0 Å². The molecule has 2 aromatic carbocycles. The van der Waals surface area contributed by atoms with E-state index in [9.17, 15) is 14.4 Å². The van der Waals surface area contributed by atoms with Gasteiger partial charge in [0.25, 0.3) is 0 Å². The normalized spacial score (nSPS) is 22.0. The van der Waals surface area contributed by atoms with Crippen LogP contribution in [0.2, 0.25) is 0 Å². The first kappa shape index (κ1) is 26.9. The minimum Gasteiger partial charge on any atom is -0.358 e. The van der Waals surface area contributed by atoms with E-state index < -0.39 is 11.6 Å². The molecule has 2 aliphatic heterocycles. The molecule has 206 valence electrons. The molecular formula is C31H39N5O3. The Hall–Kier alpha value is -3.65. The Morgan fingerprint density at radius 2 is 1.77 bits per heavy atom. The number of likely N-dealkylation sites (tertiary alicyclic amines) is 2. The van der Waals surface area contributed by atoms with E-state index in [1.165, 1.54) is 5.56 Å². The first-order chi connectivity index (χ1) is 18.5. The zero-order valence-corrected chi connectivity index (χ0v) is 23.1. The second-order valence-electron chi connectivity index (χ2n) is 12.0. The molecule has 0 saturated carbocycles. The quantitative estimate of drug-likeness (QED) is 0.437. The molecule has 1 aromatic heterocycles. The Balaban J connectivity index is 1.42. The Bertz CT molecular complexity index is 1330. The van der Waals surface area contributed by atoms with Gasteiger partial charge in [0, 0.05) is 56.1 Å². The summed E-state index contributed by atoms with van der Waals surface area (Å²) in [6, 6.07) is 19.5. The van der Waals surface area contributed by atoms with Crippen LogP contribution in [0, 0.1) is 11.3 Å². The van der Waals surface area contributed by atoms with Crippen LogP contribution < -0.4 is 11.1 Å². The number of aromatic nitrogens is 1. The number of hydrogen-bond donors (Lipinski definition) is 3. The Morgan fingerprint density at radius 1 is 1.08 bits per heavy atom. The summed E-state index contributed by atoms with van der Waals surface area (Å²) in [6.07, 6.45) is 1.94. The number of aromatic amines is 1. The fraction of sp³-hybridized carbons (Fsp3) is 0.452. The summed E-state index contributed by atoms with van der Waals surface area (Å²) in [5.74, 6) is -0.0906. The number of carbonyl (C=O) groups excluding carboxylic acids is 3. The van der Waals surface area contributed by atoms with Crippen LogP contribution in [-0.4, -0.2) is 70.3 Å². The zero-order chi connectivity index (χ0) is 27.8. The highest BCUT2D eigenvalue weighted by Crippen LogP contribution is 2.45. The maximum Gasteiger partial charge on any atom is 0.245 e. The topological polar surface area (TPSA) is 112 Å². The predicted molar refractivity (Wildman–Crippen MR) is 152 cm³/mol. The summed E-state index contributed by atoms with van der Waals surface area (Å²) in [7, 11) is 0. The van der Waals surface area contributed by atoms with Gasteiger partial charge in [-0.05, 0) is 55.7 Å². The molecule has 39 heavy (non-hydrogen) atoms. The molecule has 0 bridgehead atoms. The maximum atomic E-state index is 14.2. The lowest BCUT2D eigenvalue weighted by molar-refractivity contribution is -0.141. The number of H-pyrrole nitrogens is 1. The number of benzene rings is 2. The second-order valence-corrected chi connectivity index (χ2v) is 12.0. The first-order valence-corrected chi connectivity index (χ1v) is 13.8. The Kier molecular flexibility index (Phi) is 7.25. The molecule has 0 aliphatic carbocycles. The third kappa shape index (κ3) is 5.71. The van der Waals surface area contributed by atoms with Gasteiger partial charge in [0.2, 0.25) is 17.7 Å². The number of hydrogen-bond acceptors (Lipinski definition) is 4. The minimum absolute atomic E-state index is 0.0730. The van der Waals surface area contributed by atoms with E-state index in [2.05, 4.69) is 22.4 Å². The number of nitrogens with two attached hydrogens (primary N) is 1. The van der Waals surface area contributed by atoms with Crippen molar-refractivity contribution < 1.29 is 14.4 Å². The van der Waals surface area contributed by atoms with Crippen molar-refractivity contribution in [3.05, 3.63) is 71.9 Å². The summed E-state index contributed by atoms with van der Waals surface area (Å²) < 4.78 is 0. The molecule has 3 amide bonds. The molecule has 2 aliphatic rings. The van der Waals surface area contributed by atoms with E-state index >= 15 is 0 Å². The van der Waals surface area contributed by atoms with Gasteiger partial charge in [0.1, 0.15) is 6.04 Å². The van der Waals surface area contributed by atoms with Gasteiger partial charge in [-0.1, -0.05) is 48.5 Å². The predicted octanol–water partition coefficient (Wildman–Crippen LogP) is 2.87. The van der Waals surface area contributed by atoms with Crippen LogP contribution in [0.4, 0.5) is 0 Å². The van der Waals surface area contributed by atoms with Crippen LogP contribution in [-0.2, 0) is 27.2 Å². The largest absolute Gasteiger partial charge is 0.358 e. The summed E-state index contributed by atoms with van der Waals surface area (Å²) >= 11 is 0. The number of nitrogens with zero attached hydrogens (tertiary/aromatic N) is 2. The van der Waals surface area contributed by atoms with E-state index in [1.54, 1.807) is 20.8 Å². The Labute approximate surface area is 229 Å². The fourth-order valence-electron chi connectivity index (χ4n) is 6.30. The molecule has 5 rings (SSSR count). The highest BCUT2D eigenvalue weighted by molar-refractivity contribution is 5.92. The van der Waals surface area contributed by atoms with Crippen molar-refractivity contribution in [2.24, 2.45) is 17.1 Å². The highest BCUT2D eigenvalue weighted by Gasteiger charge is 2.51. The number of rotatable bonds is 7. The first-order valence-electron chi connectivity index (χ1n) is 13.8. The summed E-state index contributed by atoms with van der Waals surface area (Å²) in [5.41, 5.74) is 7.82.